The molecule has 56 heavy (non-hydrogen) atoms. The number of carboxylic acid groups (broad SMARTS) is 1. The Morgan fingerprint density at radius 3 is 2.50 bits per heavy atom. The summed E-state index contributed by atoms with van der Waals surface area (Å²) in [4.78, 5) is 26.2. The van der Waals surface area contributed by atoms with Crippen molar-refractivity contribution in [2.75, 3.05) is 63.9 Å². The first kappa shape index (κ1) is 40.7. The number of carboxylic acids is 1. The van der Waals surface area contributed by atoms with E-state index in [2.05, 4.69) is 54.5 Å². The van der Waals surface area contributed by atoms with Crippen LogP contribution in [0.2, 0.25) is 0 Å². The van der Waals surface area contributed by atoms with Gasteiger partial charge in [0.25, 0.3) is 0 Å². The lowest BCUT2D eigenvalue weighted by molar-refractivity contribution is -0.141. The average Bonchev–Trinajstić information content (AvgIpc) is 3.44. The highest BCUT2D eigenvalue weighted by Crippen LogP contribution is 2.38. The van der Waals surface area contributed by atoms with Crippen LogP contribution in [0.3, 0.4) is 0 Å². The summed E-state index contributed by atoms with van der Waals surface area (Å²) in [6, 6.07) is 12.4. The van der Waals surface area contributed by atoms with Crippen molar-refractivity contribution in [2.24, 2.45) is 23.5 Å². The van der Waals surface area contributed by atoms with Gasteiger partial charge in [-0.15, -0.1) is 0 Å². The Morgan fingerprint density at radius 2 is 1.82 bits per heavy atom. The number of carbonyl (C=O) groups is 1. The van der Waals surface area contributed by atoms with Crippen LogP contribution in [0.5, 0.6) is 11.6 Å². The molecule has 4 aliphatic rings. The maximum Gasteiger partial charge on any atom is 0.310 e. The number of fused-ring (bicyclic) bond motifs is 2. The number of rotatable bonds is 16. The number of phenols is 1. The fourth-order valence-corrected chi connectivity index (χ4v) is 8.66. The molecule has 7 N–H and O–H groups in total. The second kappa shape index (κ2) is 18.3. The molecule has 1 aromatic heterocycles. The van der Waals surface area contributed by atoms with Gasteiger partial charge in [0.1, 0.15) is 24.8 Å². The molecule has 2 aromatic rings. The number of aliphatic carboxylic acids is 1. The van der Waals surface area contributed by atoms with E-state index in [0.717, 1.165) is 81.2 Å². The predicted molar refractivity (Wildman–Crippen MR) is 219 cm³/mol. The molecule has 3 fully saturated rings. The Bertz CT molecular complexity index is 1780. The van der Waals surface area contributed by atoms with Crippen LogP contribution in [0.25, 0.3) is 5.70 Å². The molecule has 5 unspecified atom stereocenters. The molecule has 304 valence electrons. The quantitative estimate of drug-likeness (QED) is 0.105. The molecule has 5 atom stereocenters. The van der Waals surface area contributed by atoms with Gasteiger partial charge in [0.2, 0.25) is 11.8 Å². The topological polar surface area (TPSA) is 176 Å². The van der Waals surface area contributed by atoms with Crippen molar-refractivity contribution in [3.8, 4) is 11.6 Å². The van der Waals surface area contributed by atoms with Crippen LogP contribution in [0.1, 0.15) is 59.4 Å². The van der Waals surface area contributed by atoms with Crippen molar-refractivity contribution in [1.29, 1.82) is 5.41 Å². The number of piperazine rings is 2. The lowest BCUT2D eigenvalue weighted by atomic mass is 9.80. The van der Waals surface area contributed by atoms with E-state index in [1.165, 1.54) is 0 Å². The molecule has 0 aliphatic carbocycles. The molecule has 0 spiro atoms. The van der Waals surface area contributed by atoms with Crippen molar-refractivity contribution >= 4 is 23.3 Å². The SMILES string of the molecule is CCC(C)/C(=C\C(=N)OCCN1CCN(CCOc2cc(N3C4CCC3CN(C3=C(N)NNC(c5ccccc5O)=C3)C4)ccn2)C(C)C1)C(C(=O)O)C(C)C. The third-order valence-electron chi connectivity index (χ3n) is 11.8. The van der Waals surface area contributed by atoms with Gasteiger partial charge in [-0.25, -0.2) is 4.98 Å². The zero-order chi connectivity index (χ0) is 39.9. The average molecular weight is 772 g/mol. The van der Waals surface area contributed by atoms with Crippen molar-refractivity contribution < 1.29 is 24.5 Å². The highest BCUT2D eigenvalue weighted by molar-refractivity contribution is 5.87. The number of hydrazine groups is 1. The first-order valence-electron chi connectivity index (χ1n) is 20.2. The summed E-state index contributed by atoms with van der Waals surface area (Å²) in [5, 5.41) is 28.7. The van der Waals surface area contributed by atoms with Crippen molar-refractivity contribution in [3.05, 3.63) is 77.4 Å². The smallest absolute Gasteiger partial charge is 0.310 e. The third kappa shape index (κ3) is 9.52. The first-order chi connectivity index (χ1) is 26.9. The van der Waals surface area contributed by atoms with Crippen LogP contribution < -0.4 is 26.2 Å². The molecular weight excluding hydrogens is 711 g/mol. The molecule has 2 bridgehead atoms. The molecule has 0 radical (unpaired) electrons. The van der Waals surface area contributed by atoms with Gasteiger partial charge in [0, 0.05) is 87.5 Å². The number of aromatic hydroxyl groups is 1. The molecule has 14 nitrogen and oxygen atoms in total. The fourth-order valence-electron chi connectivity index (χ4n) is 8.66. The number of hydrogen-bond acceptors (Lipinski definition) is 13. The number of allylic oxidation sites excluding steroid dienone is 1. The van der Waals surface area contributed by atoms with E-state index in [1.807, 2.05) is 58.2 Å². The number of benzene rings is 1. The summed E-state index contributed by atoms with van der Waals surface area (Å²) in [7, 11) is 0. The number of anilines is 1. The highest BCUT2D eigenvalue weighted by atomic mass is 16.5. The van der Waals surface area contributed by atoms with E-state index in [-0.39, 0.29) is 23.5 Å². The Hall–Kier alpha value is -4.95. The molecule has 6 rings (SSSR count). The van der Waals surface area contributed by atoms with Gasteiger partial charge in [-0.1, -0.05) is 39.8 Å². The number of likely N-dealkylation sites (tertiary alicyclic amines) is 1. The molecule has 1 aromatic carbocycles. The standard InChI is InChI=1S/C42H61N9O5/c1-6-28(4)34(40(27(2)3)42(53)54)22-38(43)55-19-17-48-15-16-49(29(5)24-48)18-20-56-39-21-30(13-14-45-39)51-31-11-12-32(51)26-50(25-31)36-23-35(46-47-41(36)44)33-9-7-8-10-37(33)52/h7-10,13-14,21-23,27-29,31-32,40,43,46-47,52H,6,11-12,15-20,24-26,44H2,1-5H3,(H,53,54)/b34-22+,43-38?. The molecular formula is C42H61N9O5. The lowest BCUT2D eigenvalue weighted by Crippen LogP contribution is -2.54. The molecule has 14 heteroatoms. The molecule has 4 aliphatic heterocycles. The summed E-state index contributed by atoms with van der Waals surface area (Å²) in [6.07, 6.45) is 8.49. The third-order valence-corrected chi connectivity index (χ3v) is 11.8. The van der Waals surface area contributed by atoms with Gasteiger partial charge in [0.15, 0.2) is 0 Å². The number of phenolic OH excluding ortho intramolecular Hbond substituents is 1. The number of ether oxygens (including phenoxy) is 2. The van der Waals surface area contributed by atoms with E-state index in [1.54, 1.807) is 12.1 Å². The zero-order valence-electron chi connectivity index (χ0n) is 33.6. The Labute approximate surface area is 331 Å². The van der Waals surface area contributed by atoms with E-state index >= 15 is 0 Å². The van der Waals surface area contributed by atoms with Crippen LogP contribution in [0.4, 0.5) is 5.69 Å². The summed E-state index contributed by atoms with van der Waals surface area (Å²) >= 11 is 0. The van der Waals surface area contributed by atoms with Gasteiger partial charge in [-0.05, 0) is 73.9 Å². The number of aromatic nitrogens is 1. The second-order valence-electron chi connectivity index (χ2n) is 15.9. The minimum absolute atomic E-state index is 0.0267. The molecule has 5 heterocycles. The van der Waals surface area contributed by atoms with Gasteiger partial charge >= 0.3 is 5.97 Å². The van der Waals surface area contributed by atoms with Crippen molar-refractivity contribution in [2.45, 2.75) is 72.0 Å². The maximum atomic E-state index is 12.0. The largest absolute Gasteiger partial charge is 0.507 e. The Morgan fingerprint density at radius 1 is 1.07 bits per heavy atom. The normalized spacial score (nSPS) is 23.0. The Balaban J connectivity index is 0.959. The Kier molecular flexibility index (Phi) is 13.3. The monoisotopic (exact) mass is 771 g/mol. The molecule has 0 saturated carbocycles. The zero-order valence-corrected chi connectivity index (χ0v) is 33.6. The minimum atomic E-state index is -0.853. The minimum Gasteiger partial charge on any atom is -0.507 e. The van der Waals surface area contributed by atoms with Crippen molar-refractivity contribution in [1.82, 2.24) is 30.5 Å². The lowest BCUT2D eigenvalue weighted by Gasteiger charge is -2.44. The van der Waals surface area contributed by atoms with Gasteiger partial charge in [-0.3, -0.25) is 30.9 Å². The van der Waals surface area contributed by atoms with Crippen LogP contribution >= 0.6 is 0 Å². The first-order valence-corrected chi connectivity index (χ1v) is 20.2. The van der Waals surface area contributed by atoms with Gasteiger partial charge in [-0.2, -0.15) is 0 Å². The second-order valence-corrected chi connectivity index (χ2v) is 15.9. The van der Waals surface area contributed by atoms with Gasteiger partial charge < -0.3 is 35.2 Å². The number of nitrogens with one attached hydrogen (secondary N) is 3. The van der Waals surface area contributed by atoms with Crippen LogP contribution in [0.15, 0.2) is 71.8 Å². The van der Waals surface area contributed by atoms with Gasteiger partial charge in [0.05, 0.1) is 17.3 Å². The van der Waals surface area contributed by atoms with E-state index < -0.39 is 11.9 Å². The fraction of sp³-hybridized carbons (Fsp3) is 0.548. The molecule has 3 saturated heterocycles. The number of pyridine rings is 1. The number of para-hydroxylation sites is 1. The number of nitrogens with zero attached hydrogens (tertiary/aromatic N) is 5. The number of nitrogens with two attached hydrogens (primary N) is 1. The van der Waals surface area contributed by atoms with E-state index in [4.69, 9.17) is 20.6 Å². The highest BCUT2D eigenvalue weighted by Gasteiger charge is 2.41. The van der Waals surface area contributed by atoms with Crippen molar-refractivity contribution in [3.63, 3.8) is 0 Å². The maximum absolute atomic E-state index is 12.0. The van der Waals surface area contributed by atoms with Crippen LogP contribution in [0, 0.1) is 23.2 Å². The summed E-state index contributed by atoms with van der Waals surface area (Å²) in [6.45, 7) is 16.9. The van der Waals surface area contributed by atoms with Crippen LogP contribution in [-0.2, 0) is 9.53 Å². The van der Waals surface area contributed by atoms with E-state index in [9.17, 15) is 15.0 Å². The molecule has 0 amide bonds. The predicted octanol–water partition coefficient (Wildman–Crippen LogP) is 4.42. The van der Waals surface area contributed by atoms with E-state index in [0.29, 0.717) is 55.1 Å². The van der Waals surface area contributed by atoms with Crippen LogP contribution in [-0.4, -0.2) is 119 Å². The summed E-state index contributed by atoms with van der Waals surface area (Å²) < 4.78 is 12.0. The summed E-state index contributed by atoms with van der Waals surface area (Å²) in [5.74, 6) is -0.0524. The summed E-state index contributed by atoms with van der Waals surface area (Å²) in [5.41, 5.74) is 17.0. The number of hydrogen-bond donors (Lipinski definition) is 6.